The summed E-state index contributed by atoms with van der Waals surface area (Å²) in [5, 5.41) is 5.72. The molecule has 3 heteroatoms. The number of rotatable bonds is 5. The topological polar surface area (TPSA) is 38.3 Å². The highest BCUT2D eigenvalue weighted by Crippen LogP contribution is 2.47. The quantitative estimate of drug-likeness (QED) is 0.761. The lowest BCUT2D eigenvalue weighted by molar-refractivity contribution is -0.121. The molecule has 0 atom stereocenters. The normalized spacial score (nSPS) is 14.9. The second-order valence-electron chi connectivity index (χ2n) is 6.65. The molecule has 3 nitrogen and oxygen atoms in total. The minimum atomic E-state index is -0.222. The van der Waals surface area contributed by atoms with Crippen LogP contribution in [-0.2, 0) is 16.8 Å². The number of para-hydroxylation sites is 1. The predicted molar refractivity (Wildman–Crippen MR) is 99.7 cm³/mol. The van der Waals surface area contributed by atoms with Crippen molar-refractivity contribution in [2.24, 2.45) is 0 Å². The summed E-state index contributed by atoms with van der Waals surface area (Å²) >= 11 is 0. The maximum absolute atomic E-state index is 12.7. The fraction of sp³-hybridized carbons (Fsp3) is 0.227. The molecule has 0 unspecified atom stereocenters. The summed E-state index contributed by atoms with van der Waals surface area (Å²) in [6, 6.07) is 22.4. The van der Waals surface area contributed by atoms with Crippen LogP contribution in [0.15, 0.2) is 66.7 Å². The number of fused-ring (bicyclic) bond motifs is 1. The van der Waals surface area contributed by atoms with Gasteiger partial charge in [0.25, 0.3) is 0 Å². The molecular formula is C22H21NO2. The molecule has 3 aromatic rings. The Hall–Kier alpha value is -2.81. The summed E-state index contributed by atoms with van der Waals surface area (Å²) in [5.41, 5.74) is 1.91. The second-order valence-corrected chi connectivity index (χ2v) is 6.65. The third-order valence-corrected chi connectivity index (χ3v) is 4.98. The van der Waals surface area contributed by atoms with Crippen LogP contribution in [-0.4, -0.2) is 13.0 Å². The van der Waals surface area contributed by atoms with Gasteiger partial charge in [-0.25, -0.2) is 0 Å². The second kappa shape index (κ2) is 6.25. The summed E-state index contributed by atoms with van der Waals surface area (Å²) in [7, 11) is 1.63. The van der Waals surface area contributed by atoms with E-state index in [1.54, 1.807) is 7.11 Å². The maximum Gasteiger partial charge on any atom is 0.225 e. The Labute approximate surface area is 147 Å². The van der Waals surface area contributed by atoms with Crippen molar-refractivity contribution in [3.05, 3.63) is 77.9 Å². The van der Waals surface area contributed by atoms with Crippen LogP contribution in [0.1, 0.15) is 24.0 Å². The average molecular weight is 331 g/mol. The zero-order valence-corrected chi connectivity index (χ0v) is 14.3. The number of hydrogen-bond acceptors (Lipinski definition) is 2. The van der Waals surface area contributed by atoms with Crippen LogP contribution in [0.25, 0.3) is 10.8 Å². The van der Waals surface area contributed by atoms with Gasteiger partial charge in [-0.15, -0.1) is 0 Å². The Morgan fingerprint density at radius 2 is 1.72 bits per heavy atom. The summed E-state index contributed by atoms with van der Waals surface area (Å²) in [5.74, 6) is 0.794. The largest absolute Gasteiger partial charge is 0.496 e. The monoisotopic (exact) mass is 331 g/mol. The molecule has 0 spiro atoms. The number of methoxy groups -OCH3 is 1. The number of nitrogens with one attached hydrogen (secondary N) is 1. The highest BCUT2D eigenvalue weighted by molar-refractivity contribution is 5.88. The van der Waals surface area contributed by atoms with Crippen LogP contribution in [0.5, 0.6) is 5.75 Å². The standard InChI is InChI=1S/C22H21NO2/c1-25-20-12-5-3-8-17(20)15-21(24)23-22(13-14-22)19-11-6-9-16-7-2-4-10-18(16)19/h2-12H,13-15H2,1H3,(H,23,24). The molecule has 1 saturated carbocycles. The zero-order valence-electron chi connectivity index (χ0n) is 14.3. The molecule has 0 saturated heterocycles. The first-order valence-corrected chi connectivity index (χ1v) is 8.63. The van der Waals surface area contributed by atoms with Crippen molar-refractivity contribution in [3.8, 4) is 5.75 Å². The molecule has 0 bridgehead atoms. The van der Waals surface area contributed by atoms with Crippen molar-refractivity contribution in [1.29, 1.82) is 0 Å². The Morgan fingerprint density at radius 3 is 2.52 bits per heavy atom. The zero-order chi connectivity index (χ0) is 17.3. The third-order valence-electron chi connectivity index (χ3n) is 4.98. The fourth-order valence-corrected chi connectivity index (χ4v) is 3.56. The van der Waals surface area contributed by atoms with E-state index < -0.39 is 0 Å². The van der Waals surface area contributed by atoms with E-state index >= 15 is 0 Å². The Bertz CT molecular complexity index is 923. The number of ether oxygens (including phenoxy) is 1. The molecular weight excluding hydrogens is 310 g/mol. The smallest absolute Gasteiger partial charge is 0.225 e. The molecule has 0 radical (unpaired) electrons. The molecule has 1 aliphatic carbocycles. The predicted octanol–water partition coefficient (Wildman–Crippen LogP) is 4.20. The van der Waals surface area contributed by atoms with Gasteiger partial charge in [0, 0.05) is 5.56 Å². The van der Waals surface area contributed by atoms with Crippen LogP contribution >= 0.6 is 0 Å². The lowest BCUT2D eigenvalue weighted by Gasteiger charge is -2.20. The Kier molecular flexibility index (Phi) is 3.92. The lowest BCUT2D eigenvalue weighted by atomic mass is 9.96. The van der Waals surface area contributed by atoms with Crippen LogP contribution in [0, 0.1) is 0 Å². The number of amides is 1. The van der Waals surface area contributed by atoms with Crippen molar-refractivity contribution in [2.45, 2.75) is 24.8 Å². The molecule has 0 aromatic heterocycles. The van der Waals surface area contributed by atoms with E-state index in [-0.39, 0.29) is 11.4 Å². The van der Waals surface area contributed by atoms with E-state index in [4.69, 9.17) is 4.74 Å². The SMILES string of the molecule is COc1ccccc1CC(=O)NC1(c2cccc3ccccc23)CC1. The van der Waals surface area contributed by atoms with Crippen LogP contribution in [0.4, 0.5) is 0 Å². The van der Waals surface area contributed by atoms with Crippen LogP contribution in [0.3, 0.4) is 0 Å². The molecule has 3 aromatic carbocycles. The highest BCUT2D eigenvalue weighted by atomic mass is 16.5. The Morgan fingerprint density at radius 1 is 1.00 bits per heavy atom. The van der Waals surface area contributed by atoms with E-state index in [0.29, 0.717) is 6.42 Å². The van der Waals surface area contributed by atoms with Crippen molar-refractivity contribution < 1.29 is 9.53 Å². The Balaban J connectivity index is 1.58. The van der Waals surface area contributed by atoms with Gasteiger partial charge in [0.1, 0.15) is 5.75 Å². The first-order chi connectivity index (χ1) is 12.2. The molecule has 4 rings (SSSR count). The molecule has 126 valence electrons. The van der Waals surface area contributed by atoms with Gasteiger partial charge in [-0.1, -0.05) is 60.7 Å². The number of hydrogen-bond donors (Lipinski definition) is 1. The van der Waals surface area contributed by atoms with Crippen molar-refractivity contribution in [1.82, 2.24) is 5.32 Å². The van der Waals surface area contributed by atoms with Gasteiger partial charge < -0.3 is 10.1 Å². The number of carbonyl (C=O) groups excluding carboxylic acids is 1. The average Bonchev–Trinajstić information content (AvgIpc) is 3.42. The van der Waals surface area contributed by atoms with E-state index in [0.717, 1.165) is 24.2 Å². The summed E-state index contributed by atoms with van der Waals surface area (Å²) < 4.78 is 5.35. The van der Waals surface area contributed by atoms with Crippen molar-refractivity contribution >= 4 is 16.7 Å². The van der Waals surface area contributed by atoms with Gasteiger partial charge in [0.05, 0.1) is 19.1 Å². The van der Waals surface area contributed by atoms with Gasteiger partial charge in [0.2, 0.25) is 5.91 Å². The minimum absolute atomic E-state index is 0.0370. The third kappa shape index (κ3) is 2.98. The summed E-state index contributed by atoms with van der Waals surface area (Å²) in [6.07, 6.45) is 2.30. The van der Waals surface area contributed by atoms with Gasteiger partial charge >= 0.3 is 0 Å². The molecule has 1 aliphatic rings. The van der Waals surface area contributed by atoms with E-state index in [9.17, 15) is 4.79 Å². The van der Waals surface area contributed by atoms with Crippen molar-refractivity contribution in [2.75, 3.05) is 7.11 Å². The van der Waals surface area contributed by atoms with Crippen molar-refractivity contribution in [3.63, 3.8) is 0 Å². The highest BCUT2D eigenvalue weighted by Gasteiger charge is 2.46. The molecule has 1 amide bonds. The van der Waals surface area contributed by atoms with E-state index in [1.807, 2.05) is 30.3 Å². The number of carbonyl (C=O) groups is 1. The fourth-order valence-electron chi connectivity index (χ4n) is 3.56. The summed E-state index contributed by atoms with van der Waals surface area (Å²) in [6.45, 7) is 0. The van der Waals surface area contributed by atoms with Gasteiger partial charge in [-0.3, -0.25) is 4.79 Å². The molecule has 1 fully saturated rings. The molecule has 0 heterocycles. The van der Waals surface area contributed by atoms with Gasteiger partial charge in [-0.05, 0) is 35.2 Å². The maximum atomic E-state index is 12.7. The summed E-state index contributed by atoms with van der Waals surface area (Å²) in [4.78, 5) is 12.7. The minimum Gasteiger partial charge on any atom is -0.496 e. The van der Waals surface area contributed by atoms with Gasteiger partial charge in [0.15, 0.2) is 0 Å². The number of benzene rings is 3. The van der Waals surface area contributed by atoms with E-state index in [1.165, 1.54) is 16.3 Å². The van der Waals surface area contributed by atoms with Gasteiger partial charge in [-0.2, -0.15) is 0 Å². The lowest BCUT2D eigenvalue weighted by Crippen LogP contribution is -2.36. The first kappa shape index (κ1) is 15.7. The van der Waals surface area contributed by atoms with E-state index in [2.05, 4.69) is 41.7 Å². The van der Waals surface area contributed by atoms with Crippen LogP contribution < -0.4 is 10.1 Å². The van der Waals surface area contributed by atoms with Crippen LogP contribution in [0.2, 0.25) is 0 Å². The molecule has 0 aliphatic heterocycles. The molecule has 1 N–H and O–H groups in total. The molecule has 25 heavy (non-hydrogen) atoms. The first-order valence-electron chi connectivity index (χ1n) is 8.63.